The van der Waals surface area contributed by atoms with E-state index >= 15 is 0 Å². The van der Waals surface area contributed by atoms with Gasteiger partial charge in [-0.15, -0.1) is 0 Å². The highest BCUT2D eigenvalue weighted by Gasteiger charge is 2.23. The molecule has 1 aromatic carbocycles. The molecule has 0 heterocycles. The Kier molecular flexibility index (Phi) is 4.51. The van der Waals surface area contributed by atoms with Crippen molar-refractivity contribution in [2.45, 2.75) is 12.8 Å². The SMILES string of the molecule is COC(=O)c1cc(F)c(CCC(=O)O)c([N+](=O)[O-])c1. The number of carbonyl (C=O) groups is 2. The summed E-state index contributed by atoms with van der Waals surface area (Å²) < 4.78 is 18.1. The van der Waals surface area contributed by atoms with Gasteiger partial charge in [0.1, 0.15) is 5.82 Å². The maximum absolute atomic E-state index is 13.7. The zero-order chi connectivity index (χ0) is 14.6. The molecule has 0 fully saturated rings. The highest BCUT2D eigenvalue weighted by atomic mass is 19.1. The van der Waals surface area contributed by atoms with Crippen LogP contribution in [0, 0.1) is 15.9 Å². The van der Waals surface area contributed by atoms with Crippen LogP contribution in [0.25, 0.3) is 0 Å². The van der Waals surface area contributed by atoms with Crippen LogP contribution in [0.3, 0.4) is 0 Å². The summed E-state index contributed by atoms with van der Waals surface area (Å²) in [6.07, 6.45) is -0.783. The number of hydrogen-bond donors (Lipinski definition) is 1. The lowest BCUT2D eigenvalue weighted by molar-refractivity contribution is -0.385. The fourth-order valence-electron chi connectivity index (χ4n) is 1.50. The van der Waals surface area contributed by atoms with Crippen molar-refractivity contribution in [3.05, 3.63) is 39.2 Å². The number of rotatable bonds is 5. The first-order chi connectivity index (χ1) is 8.86. The first-order valence-corrected chi connectivity index (χ1v) is 5.13. The summed E-state index contributed by atoms with van der Waals surface area (Å²) in [7, 11) is 1.06. The first kappa shape index (κ1) is 14.6. The van der Waals surface area contributed by atoms with E-state index in [9.17, 15) is 24.1 Å². The van der Waals surface area contributed by atoms with Gasteiger partial charge in [0.2, 0.25) is 0 Å². The van der Waals surface area contributed by atoms with Crippen LogP contribution in [-0.4, -0.2) is 29.1 Å². The number of hydrogen-bond acceptors (Lipinski definition) is 5. The van der Waals surface area contributed by atoms with E-state index in [2.05, 4.69) is 4.74 Å². The summed E-state index contributed by atoms with van der Waals surface area (Å²) >= 11 is 0. The molecule has 1 aromatic rings. The Morgan fingerprint density at radius 2 is 2.11 bits per heavy atom. The molecule has 1 rings (SSSR count). The van der Waals surface area contributed by atoms with E-state index in [1.807, 2.05) is 0 Å². The number of methoxy groups -OCH3 is 1. The van der Waals surface area contributed by atoms with Crippen LogP contribution in [0.2, 0.25) is 0 Å². The predicted molar refractivity (Wildman–Crippen MR) is 60.4 cm³/mol. The Morgan fingerprint density at radius 3 is 2.58 bits per heavy atom. The smallest absolute Gasteiger partial charge is 0.338 e. The van der Waals surface area contributed by atoms with Gasteiger partial charge in [-0.25, -0.2) is 9.18 Å². The van der Waals surface area contributed by atoms with Crippen LogP contribution in [-0.2, 0) is 16.0 Å². The summed E-state index contributed by atoms with van der Waals surface area (Å²) in [4.78, 5) is 31.6. The summed E-state index contributed by atoms with van der Waals surface area (Å²) in [5, 5.41) is 19.3. The van der Waals surface area contributed by atoms with Crippen LogP contribution in [0.4, 0.5) is 10.1 Å². The zero-order valence-corrected chi connectivity index (χ0v) is 9.88. The van der Waals surface area contributed by atoms with Crippen molar-refractivity contribution in [2.75, 3.05) is 7.11 Å². The van der Waals surface area contributed by atoms with Crippen molar-refractivity contribution in [2.24, 2.45) is 0 Å². The Balaban J connectivity index is 3.26. The number of carboxylic acids is 1. The fraction of sp³-hybridized carbons (Fsp3) is 0.273. The predicted octanol–water partition coefficient (Wildman–Crippen LogP) is 1.54. The van der Waals surface area contributed by atoms with Gasteiger partial charge in [-0.05, 0) is 12.5 Å². The Morgan fingerprint density at radius 1 is 1.47 bits per heavy atom. The molecule has 102 valence electrons. The third-order valence-electron chi connectivity index (χ3n) is 2.38. The minimum atomic E-state index is -1.20. The molecule has 19 heavy (non-hydrogen) atoms. The second-order valence-electron chi connectivity index (χ2n) is 3.60. The normalized spacial score (nSPS) is 10.0. The lowest BCUT2D eigenvalue weighted by atomic mass is 10.0. The van der Waals surface area contributed by atoms with Crippen LogP contribution in [0.15, 0.2) is 12.1 Å². The summed E-state index contributed by atoms with van der Waals surface area (Å²) in [5.41, 5.74) is -1.28. The van der Waals surface area contributed by atoms with Gasteiger partial charge in [0.05, 0.1) is 23.2 Å². The number of ether oxygens (including phenoxy) is 1. The van der Waals surface area contributed by atoms with E-state index < -0.39 is 34.8 Å². The summed E-state index contributed by atoms with van der Waals surface area (Å²) in [6, 6.07) is 1.65. The van der Waals surface area contributed by atoms with Gasteiger partial charge in [-0.2, -0.15) is 0 Å². The fourth-order valence-corrected chi connectivity index (χ4v) is 1.50. The van der Waals surface area contributed by atoms with Crippen molar-refractivity contribution in [3.63, 3.8) is 0 Å². The average molecular weight is 271 g/mol. The van der Waals surface area contributed by atoms with E-state index in [1.165, 1.54) is 0 Å². The van der Waals surface area contributed by atoms with Crippen LogP contribution >= 0.6 is 0 Å². The molecule has 0 aliphatic rings. The van der Waals surface area contributed by atoms with Gasteiger partial charge in [0.25, 0.3) is 5.69 Å². The zero-order valence-electron chi connectivity index (χ0n) is 9.88. The van der Waals surface area contributed by atoms with Crippen molar-refractivity contribution in [1.29, 1.82) is 0 Å². The van der Waals surface area contributed by atoms with Gasteiger partial charge in [-0.3, -0.25) is 14.9 Å². The number of aliphatic carboxylic acids is 1. The van der Waals surface area contributed by atoms with E-state index in [4.69, 9.17) is 5.11 Å². The number of carbonyl (C=O) groups excluding carboxylic acids is 1. The van der Waals surface area contributed by atoms with E-state index in [0.717, 1.165) is 19.2 Å². The highest BCUT2D eigenvalue weighted by Crippen LogP contribution is 2.25. The number of benzene rings is 1. The standard InChI is InChI=1S/C11H10FNO6/c1-19-11(16)6-4-8(12)7(2-3-10(14)15)9(5-6)13(17)18/h4-5H,2-3H2,1H3,(H,14,15). The Hall–Kier alpha value is -2.51. The average Bonchev–Trinajstić information content (AvgIpc) is 2.35. The molecule has 0 amide bonds. The third-order valence-corrected chi connectivity index (χ3v) is 2.38. The molecule has 0 spiro atoms. The molecule has 7 nitrogen and oxygen atoms in total. The minimum absolute atomic E-state index is 0.300. The molecule has 0 saturated carbocycles. The van der Waals surface area contributed by atoms with Crippen LogP contribution in [0.1, 0.15) is 22.3 Å². The molecular weight excluding hydrogens is 261 g/mol. The largest absolute Gasteiger partial charge is 0.481 e. The quantitative estimate of drug-likeness (QED) is 0.494. The molecule has 1 N–H and O–H groups in total. The third kappa shape index (κ3) is 3.47. The number of nitro benzene ring substituents is 1. The molecule has 0 atom stereocenters. The van der Waals surface area contributed by atoms with Crippen molar-refractivity contribution < 1.29 is 28.7 Å². The maximum atomic E-state index is 13.7. The maximum Gasteiger partial charge on any atom is 0.338 e. The topological polar surface area (TPSA) is 107 Å². The molecular formula is C11H10FNO6. The molecule has 0 saturated heterocycles. The second kappa shape index (κ2) is 5.89. The Bertz CT molecular complexity index is 542. The number of carboxylic acid groups (broad SMARTS) is 1. The van der Waals surface area contributed by atoms with Gasteiger partial charge in [0.15, 0.2) is 0 Å². The summed E-state index contributed by atoms with van der Waals surface area (Å²) in [5.74, 6) is -3.12. The number of esters is 1. The lowest BCUT2D eigenvalue weighted by Gasteiger charge is -2.06. The molecule has 0 unspecified atom stereocenters. The monoisotopic (exact) mass is 271 g/mol. The van der Waals surface area contributed by atoms with Gasteiger partial charge >= 0.3 is 11.9 Å². The van der Waals surface area contributed by atoms with E-state index in [1.54, 1.807) is 0 Å². The van der Waals surface area contributed by atoms with Gasteiger partial charge in [-0.1, -0.05) is 0 Å². The highest BCUT2D eigenvalue weighted by molar-refractivity contribution is 5.90. The molecule has 8 heteroatoms. The summed E-state index contributed by atoms with van der Waals surface area (Å²) in [6.45, 7) is 0. The van der Waals surface area contributed by atoms with Gasteiger partial charge < -0.3 is 9.84 Å². The van der Waals surface area contributed by atoms with Gasteiger partial charge in [0, 0.05) is 12.5 Å². The van der Waals surface area contributed by atoms with Crippen LogP contribution in [0.5, 0.6) is 0 Å². The first-order valence-electron chi connectivity index (χ1n) is 5.13. The molecule has 0 aromatic heterocycles. The number of nitro groups is 1. The molecule has 0 radical (unpaired) electrons. The molecule has 0 bridgehead atoms. The van der Waals surface area contributed by atoms with Crippen molar-refractivity contribution >= 4 is 17.6 Å². The number of halogens is 1. The van der Waals surface area contributed by atoms with E-state index in [0.29, 0.717) is 0 Å². The van der Waals surface area contributed by atoms with Crippen molar-refractivity contribution in [3.8, 4) is 0 Å². The lowest BCUT2D eigenvalue weighted by Crippen LogP contribution is -2.08. The molecule has 0 aliphatic heterocycles. The minimum Gasteiger partial charge on any atom is -0.481 e. The molecule has 0 aliphatic carbocycles. The Labute approximate surface area is 106 Å². The second-order valence-corrected chi connectivity index (χ2v) is 3.60. The van der Waals surface area contributed by atoms with Crippen molar-refractivity contribution in [1.82, 2.24) is 0 Å². The van der Waals surface area contributed by atoms with E-state index in [-0.39, 0.29) is 17.5 Å². The van der Waals surface area contributed by atoms with Crippen LogP contribution < -0.4 is 0 Å². The number of nitrogens with zero attached hydrogens (tertiary/aromatic N) is 1.